The van der Waals surface area contributed by atoms with Crippen molar-refractivity contribution in [3.05, 3.63) is 66.5 Å². The van der Waals surface area contributed by atoms with Gasteiger partial charge in [-0.15, -0.1) is 6.58 Å². The van der Waals surface area contributed by atoms with Crippen LogP contribution in [0.5, 0.6) is 0 Å². The summed E-state index contributed by atoms with van der Waals surface area (Å²) in [4.78, 5) is 14.6. The molecule has 0 bridgehead atoms. The summed E-state index contributed by atoms with van der Waals surface area (Å²) in [7, 11) is 0. The minimum absolute atomic E-state index is 0.211. The van der Waals surface area contributed by atoms with Crippen LogP contribution in [0.2, 0.25) is 0 Å². The molecular formula is C18H20N2O2. The normalized spacial score (nSPS) is 17.2. The molecule has 1 atom stereocenters. The molecule has 0 saturated carbocycles. The van der Waals surface area contributed by atoms with Crippen LogP contribution in [0.1, 0.15) is 24.2 Å². The van der Waals surface area contributed by atoms with Crippen molar-refractivity contribution in [2.75, 3.05) is 13.2 Å². The maximum absolute atomic E-state index is 12.5. The number of carbonyl (C=O) groups excluding carboxylic acids is 1. The van der Waals surface area contributed by atoms with Crippen molar-refractivity contribution >= 4 is 5.97 Å². The van der Waals surface area contributed by atoms with E-state index in [1.165, 1.54) is 5.56 Å². The van der Waals surface area contributed by atoms with Crippen LogP contribution in [-0.4, -0.2) is 28.6 Å². The van der Waals surface area contributed by atoms with Crippen molar-refractivity contribution in [1.82, 2.24) is 9.47 Å². The summed E-state index contributed by atoms with van der Waals surface area (Å²) in [5.41, 5.74) is 3.24. The Balaban J connectivity index is 2.14. The van der Waals surface area contributed by atoms with Gasteiger partial charge in [0.15, 0.2) is 0 Å². The lowest BCUT2D eigenvalue weighted by Gasteiger charge is -2.27. The van der Waals surface area contributed by atoms with Gasteiger partial charge in [0.2, 0.25) is 0 Å². The summed E-state index contributed by atoms with van der Waals surface area (Å²) in [6.07, 6.45) is 3.82. The molecule has 0 amide bonds. The Morgan fingerprint density at radius 1 is 1.36 bits per heavy atom. The number of ether oxygens (including phenoxy) is 1. The average Bonchev–Trinajstić information content (AvgIpc) is 2.93. The smallest absolute Gasteiger partial charge is 0.329 e. The van der Waals surface area contributed by atoms with Crippen LogP contribution in [0.3, 0.4) is 0 Å². The van der Waals surface area contributed by atoms with Gasteiger partial charge in [0, 0.05) is 25.0 Å². The third kappa shape index (κ3) is 2.46. The maximum atomic E-state index is 12.5. The number of aromatic nitrogens is 1. The fourth-order valence-corrected chi connectivity index (χ4v) is 3.04. The Hall–Kier alpha value is -2.33. The largest absolute Gasteiger partial charge is 0.465 e. The second-order valence-corrected chi connectivity index (χ2v) is 5.30. The summed E-state index contributed by atoms with van der Waals surface area (Å²) in [6.45, 7) is 7.35. The third-order valence-corrected chi connectivity index (χ3v) is 3.92. The molecule has 1 aliphatic heterocycles. The molecule has 0 radical (unpaired) electrons. The van der Waals surface area contributed by atoms with Gasteiger partial charge in [-0.25, -0.2) is 4.79 Å². The number of esters is 1. The van der Waals surface area contributed by atoms with E-state index in [1.54, 1.807) is 0 Å². The first-order valence-electron chi connectivity index (χ1n) is 7.53. The van der Waals surface area contributed by atoms with Gasteiger partial charge in [0.25, 0.3) is 0 Å². The molecule has 0 fully saturated rings. The van der Waals surface area contributed by atoms with Crippen LogP contribution < -0.4 is 0 Å². The molecular weight excluding hydrogens is 276 g/mol. The van der Waals surface area contributed by atoms with Crippen molar-refractivity contribution in [1.29, 1.82) is 0 Å². The minimum Gasteiger partial charge on any atom is -0.465 e. The van der Waals surface area contributed by atoms with Crippen LogP contribution in [-0.2, 0) is 16.1 Å². The number of para-hydroxylation sites is 1. The number of rotatable bonds is 4. The van der Waals surface area contributed by atoms with E-state index in [9.17, 15) is 4.79 Å². The van der Waals surface area contributed by atoms with E-state index in [0.717, 1.165) is 11.4 Å². The van der Waals surface area contributed by atoms with Crippen molar-refractivity contribution in [2.45, 2.75) is 19.5 Å². The van der Waals surface area contributed by atoms with Crippen LogP contribution in [0.15, 0.2) is 55.3 Å². The van der Waals surface area contributed by atoms with Gasteiger partial charge in [-0.2, -0.15) is 0 Å². The highest BCUT2D eigenvalue weighted by atomic mass is 16.5. The fraction of sp³-hybridized carbons (Fsp3) is 0.278. The van der Waals surface area contributed by atoms with Crippen molar-refractivity contribution in [3.8, 4) is 5.69 Å². The van der Waals surface area contributed by atoms with Gasteiger partial charge in [-0.1, -0.05) is 24.3 Å². The highest BCUT2D eigenvalue weighted by Crippen LogP contribution is 2.32. The molecule has 4 nitrogen and oxygen atoms in total. The molecule has 1 aromatic carbocycles. The molecule has 22 heavy (non-hydrogen) atoms. The number of nitrogens with zero attached hydrogens (tertiary/aromatic N) is 2. The average molecular weight is 296 g/mol. The lowest BCUT2D eigenvalue weighted by atomic mass is 10.1. The monoisotopic (exact) mass is 296 g/mol. The molecule has 1 unspecified atom stereocenters. The van der Waals surface area contributed by atoms with E-state index < -0.39 is 6.04 Å². The zero-order valence-electron chi connectivity index (χ0n) is 12.7. The van der Waals surface area contributed by atoms with E-state index >= 15 is 0 Å². The quantitative estimate of drug-likeness (QED) is 0.642. The van der Waals surface area contributed by atoms with Gasteiger partial charge in [-0.05, 0) is 30.7 Å². The number of hydrogen-bond donors (Lipinski definition) is 0. The molecule has 0 spiro atoms. The second-order valence-electron chi connectivity index (χ2n) is 5.30. The first-order chi connectivity index (χ1) is 10.8. The molecule has 0 N–H and O–H groups in total. The Morgan fingerprint density at radius 2 is 2.18 bits per heavy atom. The van der Waals surface area contributed by atoms with E-state index in [1.807, 2.05) is 43.5 Å². The first-order valence-corrected chi connectivity index (χ1v) is 7.53. The Bertz CT molecular complexity index is 690. The van der Waals surface area contributed by atoms with Gasteiger partial charge >= 0.3 is 5.97 Å². The fourth-order valence-electron chi connectivity index (χ4n) is 3.04. The molecule has 114 valence electrons. The number of benzene rings is 1. The predicted molar refractivity (Wildman–Crippen MR) is 85.8 cm³/mol. The van der Waals surface area contributed by atoms with E-state index in [4.69, 9.17) is 4.74 Å². The van der Waals surface area contributed by atoms with E-state index in [2.05, 4.69) is 28.2 Å². The van der Waals surface area contributed by atoms with Crippen molar-refractivity contribution < 1.29 is 9.53 Å². The van der Waals surface area contributed by atoms with E-state index in [-0.39, 0.29) is 5.97 Å². The van der Waals surface area contributed by atoms with Gasteiger partial charge in [-0.3, -0.25) is 4.90 Å². The molecule has 1 aliphatic rings. The molecule has 0 aliphatic carbocycles. The number of hydrogen-bond acceptors (Lipinski definition) is 3. The summed E-state index contributed by atoms with van der Waals surface area (Å²) >= 11 is 0. The molecule has 4 heteroatoms. The molecule has 2 heterocycles. The summed E-state index contributed by atoms with van der Waals surface area (Å²) in [5, 5.41) is 0. The number of carbonyl (C=O) groups is 1. The Labute approximate surface area is 130 Å². The predicted octanol–water partition coefficient (Wildman–Crippen LogP) is 3.08. The van der Waals surface area contributed by atoms with Crippen LogP contribution in [0.25, 0.3) is 5.69 Å². The molecule has 3 rings (SSSR count). The summed E-state index contributed by atoms with van der Waals surface area (Å²) in [6, 6.07) is 11.8. The minimum atomic E-state index is -0.416. The molecule has 2 aromatic rings. The summed E-state index contributed by atoms with van der Waals surface area (Å²) in [5.74, 6) is -0.211. The van der Waals surface area contributed by atoms with Crippen LogP contribution in [0, 0.1) is 0 Å². The lowest BCUT2D eigenvalue weighted by molar-refractivity contribution is -0.150. The van der Waals surface area contributed by atoms with Crippen LogP contribution >= 0.6 is 0 Å². The van der Waals surface area contributed by atoms with Crippen LogP contribution in [0.4, 0.5) is 0 Å². The van der Waals surface area contributed by atoms with Crippen molar-refractivity contribution in [3.63, 3.8) is 0 Å². The zero-order valence-corrected chi connectivity index (χ0v) is 12.7. The highest BCUT2D eigenvalue weighted by Gasteiger charge is 2.33. The second kappa shape index (κ2) is 6.20. The third-order valence-electron chi connectivity index (χ3n) is 3.92. The lowest BCUT2D eigenvalue weighted by Crippen LogP contribution is -2.34. The zero-order chi connectivity index (χ0) is 15.5. The summed E-state index contributed by atoms with van der Waals surface area (Å²) < 4.78 is 7.39. The standard InChI is InChI=1S/C18H20N2O2/c1-3-11-19-13-14-8-5-6-9-15(14)20-12-7-10-16(20)17(19)18(21)22-4-2/h3,5-10,12,17H,1,4,11,13H2,2H3. The maximum Gasteiger partial charge on any atom is 0.329 e. The SMILES string of the molecule is C=CCN1Cc2ccccc2-n2cccc2C1C(=O)OCC. The Morgan fingerprint density at radius 3 is 2.95 bits per heavy atom. The highest BCUT2D eigenvalue weighted by molar-refractivity contribution is 5.78. The van der Waals surface area contributed by atoms with Gasteiger partial charge < -0.3 is 9.30 Å². The molecule has 1 aromatic heterocycles. The first kappa shape index (κ1) is 14.6. The topological polar surface area (TPSA) is 34.5 Å². The van der Waals surface area contributed by atoms with Crippen molar-refractivity contribution in [2.24, 2.45) is 0 Å². The van der Waals surface area contributed by atoms with Gasteiger partial charge in [0.1, 0.15) is 6.04 Å². The van der Waals surface area contributed by atoms with E-state index in [0.29, 0.717) is 19.7 Å². The number of fused-ring (bicyclic) bond motifs is 3. The molecule has 0 saturated heterocycles. The Kier molecular flexibility index (Phi) is 4.11. The van der Waals surface area contributed by atoms with Gasteiger partial charge in [0.05, 0.1) is 12.3 Å².